The summed E-state index contributed by atoms with van der Waals surface area (Å²) >= 11 is 0. The Balaban J connectivity index is 2.00. The highest BCUT2D eigenvalue weighted by Crippen LogP contribution is 2.46. The highest BCUT2D eigenvalue weighted by Gasteiger charge is 2.36. The number of hydrogen-bond acceptors (Lipinski definition) is 0. The molecule has 0 aromatic rings. The van der Waals surface area contributed by atoms with Crippen LogP contribution in [0.3, 0.4) is 0 Å². The summed E-state index contributed by atoms with van der Waals surface area (Å²) in [4.78, 5) is 0. The minimum atomic E-state index is 0.974. The van der Waals surface area contributed by atoms with Crippen LogP contribution in [0.15, 0.2) is 0 Å². The maximum atomic E-state index is 2.40. The van der Waals surface area contributed by atoms with Crippen LogP contribution in [0.5, 0.6) is 0 Å². The number of rotatable bonds is 6. The number of unbranched alkanes of at least 4 members (excludes halogenated alkanes) is 1. The van der Waals surface area contributed by atoms with Crippen LogP contribution in [0.4, 0.5) is 0 Å². The van der Waals surface area contributed by atoms with E-state index in [1.165, 1.54) is 32.1 Å². The molecule has 1 saturated carbocycles. The zero-order chi connectivity index (χ0) is 8.97. The lowest BCUT2D eigenvalue weighted by Crippen LogP contribution is -1.94. The maximum absolute atomic E-state index is 2.40. The predicted octanol–water partition coefficient (Wildman–Crippen LogP) is 4.25. The van der Waals surface area contributed by atoms with E-state index in [9.17, 15) is 0 Å². The van der Waals surface area contributed by atoms with Gasteiger partial charge in [0.15, 0.2) is 0 Å². The molecule has 0 saturated heterocycles. The molecule has 0 aromatic heterocycles. The summed E-state index contributed by atoms with van der Waals surface area (Å²) in [6.45, 7) is 7.01. The third kappa shape index (κ3) is 3.16. The van der Waals surface area contributed by atoms with Crippen LogP contribution in [0, 0.1) is 17.8 Å². The van der Waals surface area contributed by atoms with Gasteiger partial charge in [-0.25, -0.2) is 0 Å². The molecule has 3 atom stereocenters. The second-order valence-corrected chi connectivity index (χ2v) is 4.65. The quantitative estimate of drug-likeness (QED) is 0.556. The lowest BCUT2D eigenvalue weighted by molar-refractivity contribution is 0.454. The van der Waals surface area contributed by atoms with Crippen molar-refractivity contribution in [3.63, 3.8) is 0 Å². The second kappa shape index (κ2) is 4.89. The van der Waals surface area contributed by atoms with Crippen LogP contribution in [0.25, 0.3) is 0 Å². The molecular formula is C12H24. The van der Waals surface area contributed by atoms with E-state index in [0.29, 0.717) is 0 Å². The van der Waals surface area contributed by atoms with Gasteiger partial charge in [0.25, 0.3) is 0 Å². The van der Waals surface area contributed by atoms with Crippen LogP contribution >= 0.6 is 0 Å². The van der Waals surface area contributed by atoms with E-state index in [1.807, 2.05) is 0 Å². The Morgan fingerprint density at radius 2 is 2.00 bits per heavy atom. The SMILES string of the molecule is CCCCC1CC1CC(C)CC. The first-order chi connectivity index (χ1) is 5.77. The van der Waals surface area contributed by atoms with Gasteiger partial charge in [0, 0.05) is 0 Å². The molecule has 0 aromatic carbocycles. The second-order valence-electron chi connectivity index (χ2n) is 4.65. The van der Waals surface area contributed by atoms with Gasteiger partial charge in [0.2, 0.25) is 0 Å². The fourth-order valence-corrected chi connectivity index (χ4v) is 2.10. The fraction of sp³-hybridized carbons (Fsp3) is 1.00. The summed E-state index contributed by atoms with van der Waals surface area (Å²) in [5.41, 5.74) is 0. The largest absolute Gasteiger partial charge is 0.0654 e. The Morgan fingerprint density at radius 3 is 2.58 bits per heavy atom. The lowest BCUT2D eigenvalue weighted by atomic mass is 10.00. The maximum Gasteiger partial charge on any atom is -0.0380 e. The van der Waals surface area contributed by atoms with Crippen molar-refractivity contribution in [1.29, 1.82) is 0 Å². The monoisotopic (exact) mass is 168 g/mol. The molecular weight excluding hydrogens is 144 g/mol. The van der Waals surface area contributed by atoms with E-state index < -0.39 is 0 Å². The van der Waals surface area contributed by atoms with Crippen molar-refractivity contribution >= 4 is 0 Å². The lowest BCUT2D eigenvalue weighted by Gasteiger charge is -2.06. The molecule has 0 bridgehead atoms. The molecule has 1 fully saturated rings. The Hall–Kier alpha value is 0. The molecule has 72 valence electrons. The van der Waals surface area contributed by atoms with Gasteiger partial charge < -0.3 is 0 Å². The van der Waals surface area contributed by atoms with Crippen molar-refractivity contribution in [2.75, 3.05) is 0 Å². The van der Waals surface area contributed by atoms with E-state index in [1.54, 1.807) is 6.42 Å². The Labute approximate surface area is 77.7 Å². The summed E-state index contributed by atoms with van der Waals surface area (Å²) < 4.78 is 0. The standard InChI is InChI=1S/C12H24/c1-4-6-7-11-9-12(11)8-10(3)5-2/h10-12H,4-9H2,1-3H3. The molecule has 0 amide bonds. The highest BCUT2D eigenvalue weighted by molar-refractivity contribution is 4.86. The summed E-state index contributed by atoms with van der Waals surface area (Å²) in [5.74, 6) is 3.21. The molecule has 3 unspecified atom stereocenters. The molecule has 0 heteroatoms. The van der Waals surface area contributed by atoms with Gasteiger partial charge in [0.05, 0.1) is 0 Å². The predicted molar refractivity (Wildman–Crippen MR) is 55.2 cm³/mol. The molecule has 1 aliphatic carbocycles. The summed E-state index contributed by atoms with van der Waals surface area (Å²) in [7, 11) is 0. The first kappa shape index (κ1) is 10.1. The van der Waals surface area contributed by atoms with Crippen LogP contribution in [0.1, 0.15) is 59.3 Å². The van der Waals surface area contributed by atoms with Crippen molar-refractivity contribution in [1.82, 2.24) is 0 Å². The normalized spacial score (nSPS) is 30.2. The third-order valence-electron chi connectivity index (χ3n) is 3.40. The van der Waals surface area contributed by atoms with Gasteiger partial charge in [-0.2, -0.15) is 0 Å². The zero-order valence-corrected chi connectivity index (χ0v) is 8.97. The molecule has 0 radical (unpaired) electrons. The van der Waals surface area contributed by atoms with Gasteiger partial charge >= 0.3 is 0 Å². The average Bonchev–Trinajstić information content (AvgIpc) is 2.80. The van der Waals surface area contributed by atoms with Crippen molar-refractivity contribution in [2.45, 2.75) is 59.3 Å². The molecule has 0 nitrogen and oxygen atoms in total. The van der Waals surface area contributed by atoms with E-state index in [2.05, 4.69) is 20.8 Å². The molecule has 12 heavy (non-hydrogen) atoms. The van der Waals surface area contributed by atoms with E-state index >= 15 is 0 Å². The van der Waals surface area contributed by atoms with Gasteiger partial charge in [-0.1, -0.05) is 46.5 Å². The summed E-state index contributed by atoms with van der Waals surface area (Å²) in [5, 5.41) is 0. The average molecular weight is 168 g/mol. The topological polar surface area (TPSA) is 0 Å². The van der Waals surface area contributed by atoms with Crippen molar-refractivity contribution in [3.8, 4) is 0 Å². The Bertz CT molecular complexity index is 117. The van der Waals surface area contributed by atoms with Gasteiger partial charge in [-0.15, -0.1) is 0 Å². The molecule has 1 rings (SSSR count). The third-order valence-corrected chi connectivity index (χ3v) is 3.40. The van der Waals surface area contributed by atoms with Crippen LogP contribution in [-0.2, 0) is 0 Å². The highest BCUT2D eigenvalue weighted by atomic mass is 14.4. The zero-order valence-electron chi connectivity index (χ0n) is 8.97. The van der Waals surface area contributed by atoms with E-state index in [-0.39, 0.29) is 0 Å². The minimum absolute atomic E-state index is 0.974. The van der Waals surface area contributed by atoms with E-state index in [4.69, 9.17) is 0 Å². The fourth-order valence-electron chi connectivity index (χ4n) is 2.10. The van der Waals surface area contributed by atoms with Crippen LogP contribution in [0.2, 0.25) is 0 Å². The molecule has 0 spiro atoms. The minimum Gasteiger partial charge on any atom is -0.0654 e. The molecule has 0 heterocycles. The van der Waals surface area contributed by atoms with Crippen molar-refractivity contribution in [3.05, 3.63) is 0 Å². The first-order valence-electron chi connectivity index (χ1n) is 5.77. The number of hydrogen-bond donors (Lipinski definition) is 0. The Kier molecular flexibility index (Phi) is 4.11. The van der Waals surface area contributed by atoms with Crippen LogP contribution < -0.4 is 0 Å². The van der Waals surface area contributed by atoms with Crippen molar-refractivity contribution in [2.24, 2.45) is 17.8 Å². The summed E-state index contributed by atoms with van der Waals surface area (Å²) in [6.07, 6.45) is 8.78. The van der Waals surface area contributed by atoms with E-state index in [0.717, 1.165) is 17.8 Å². The molecule has 0 aliphatic heterocycles. The van der Waals surface area contributed by atoms with Crippen molar-refractivity contribution < 1.29 is 0 Å². The van der Waals surface area contributed by atoms with Gasteiger partial charge in [-0.05, 0) is 30.6 Å². The van der Waals surface area contributed by atoms with Crippen LogP contribution in [-0.4, -0.2) is 0 Å². The molecule has 0 N–H and O–H groups in total. The Morgan fingerprint density at radius 1 is 1.25 bits per heavy atom. The van der Waals surface area contributed by atoms with Gasteiger partial charge in [-0.3, -0.25) is 0 Å². The molecule has 1 aliphatic rings. The summed E-state index contributed by atoms with van der Waals surface area (Å²) in [6, 6.07) is 0. The first-order valence-corrected chi connectivity index (χ1v) is 5.77. The van der Waals surface area contributed by atoms with Gasteiger partial charge in [0.1, 0.15) is 0 Å². The smallest absolute Gasteiger partial charge is 0.0380 e.